The van der Waals surface area contributed by atoms with E-state index in [9.17, 15) is 0 Å². The maximum atomic E-state index is 6.02. The van der Waals surface area contributed by atoms with Crippen LogP contribution in [0.3, 0.4) is 0 Å². The first-order valence-electron chi connectivity index (χ1n) is 5.22. The molecule has 1 N–H and O–H groups in total. The molecule has 1 nitrogen and oxygen atoms in total. The highest BCUT2D eigenvalue weighted by Gasteiger charge is 2.18. The zero-order chi connectivity index (χ0) is 10.1. The van der Waals surface area contributed by atoms with Gasteiger partial charge in [-0.05, 0) is 48.6 Å². The molecule has 1 aromatic rings. The summed E-state index contributed by atoms with van der Waals surface area (Å²) in [4.78, 5) is 0. The molecule has 2 heteroatoms. The first-order chi connectivity index (χ1) is 6.70. The molecule has 0 saturated carbocycles. The Morgan fingerprint density at radius 1 is 1.50 bits per heavy atom. The molecule has 76 valence electrons. The summed E-state index contributed by atoms with van der Waals surface area (Å²) in [5.74, 6) is 0. The molecule has 0 bridgehead atoms. The number of fused-ring (bicyclic) bond motifs is 1. The van der Waals surface area contributed by atoms with E-state index in [1.165, 1.54) is 23.1 Å². The van der Waals surface area contributed by atoms with Crippen molar-refractivity contribution in [3.8, 4) is 0 Å². The van der Waals surface area contributed by atoms with Gasteiger partial charge in [-0.3, -0.25) is 0 Å². The fourth-order valence-electron chi connectivity index (χ4n) is 2.15. The van der Waals surface area contributed by atoms with E-state index in [1.807, 2.05) is 0 Å². The van der Waals surface area contributed by atoms with Gasteiger partial charge in [-0.25, -0.2) is 0 Å². The Balaban J connectivity index is 2.37. The van der Waals surface area contributed by atoms with E-state index in [2.05, 4.69) is 31.3 Å². The van der Waals surface area contributed by atoms with E-state index in [-0.39, 0.29) is 0 Å². The van der Waals surface area contributed by atoms with Crippen molar-refractivity contribution >= 4 is 11.6 Å². The van der Waals surface area contributed by atoms with Gasteiger partial charge in [-0.15, -0.1) is 0 Å². The number of nitrogens with one attached hydrogen (secondary N) is 1. The van der Waals surface area contributed by atoms with Gasteiger partial charge in [0, 0.05) is 17.6 Å². The molecule has 0 saturated heterocycles. The molecule has 0 aromatic heterocycles. The molecular formula is C12H16ClN. The SMILES string of the molecule is CCC1Cc2c(C)cc(Cl)cc2CN1. The number of aryl methyl sites for hydroxylation is 1. The predicted molar refractivity (Wildman–Crippen MR) is 60.8 cm³/mol. The van der Waals surface area contributed by atoms with Crippen LogP contribution in [0, 0.1) is 6.92 Å². The number of benzene rings is 1. The van der Waals surface area contributed by atoms with E-state index >= 15 is 0 Å². The third-order valence-electron chi connectivity index (χ3n) is 3.05. The molecule has 0 spiro atoms. The molecule has 1 aromatic carbocycles. The summed E-state index contributed by atoms with van der Waals surface area (Å²) in [5.41, 5.74) is 4.21. The van der Waals surface area contributed by atoms with Crippen molar-refractivity contribution in [3.05, 3.63) is 33.8 Å². The lowest BCUT2D eigenvalue weighted by Gasteiger charge is -2.26. The third kappa shape index (κ3) is 1.79. The van der Waals surface area contributed by atoms with Crippen molar-refractivity contribution in [2.45, 2.75) is 39.3 Å². The molecule has 1 atom stereocenters. The molecule has 2 rings (SSSR count). The van der Waals surface area contributed by atoms with Crippen LogP contribution in [-0.2, 0) is 13.0 Å². The van der Waals surface area contributed by atoms with Crippen LogP contribution in [0.4, 0.5) is 0 Å². The minimum atomic E-state index is 0.641. The fraction of sp³-hybridized carbons (Fsp3) is 0.500. The van der Waals surface area contributed by atoms with Crippen molar-refractivity contribution in [3.63, 3.8) is 0 Å². The smallest absolute Gasteiger partial charge is 0.0412 e. The predicted octanol–water partition coefficient (Wildman–Crippen LogP) is 3.07. The van der Waals surface area contributed by atoms with Crippen LogP contribution in [0.25, 0.3) is 0 Å². The summed E-state index contributed by atoms with van der Waals surface area (Å²) in [6.45, 7) is 5.35. The average molecular weight is 210 g/mol. The zero-order valence-electron chi connectivity index (χ0n) is 8.73. The Bertz CT molecular complexity index is 346. The Morgan fingerprint density at radius 2 is 2.29 bits per heavy atom. The van der Waals surface area contributed by atoms with Crippen LogP contribution in [0.2, 0.25) is 5.02 Å². The topological polar surface area (TPSA) is 12.0 Å². The minimum absolute atomic E-state index is 0.641. The van der Waals surface area contributed by atoms with Gasteiger partial charge in [-0.1, -0.05) is 18.5 Å². The Labute approximate surface area is 90.5 Å². The summed E-state index contributed by atoms with van der Waals surface area (Å²) >= 11 is 6.02. The Hall–Kier alpha value is -0.530. The van der Waals surface area contributed by atoms with Crippen LogP contribution < -0.4 is 5.32 Å². The van der Waals surface area contributed by atoms with Crippen molar-refractivity contribution in [2.24, 2.45) is 0 Å². The maximum Gasteiger partial charge on any atom is 0.0412 e. The number of hydrogen-bond donors (Lipinski definition) is 1. The van der Waals surface area contributed by atoms with Crippen molar-refractivity contribution in [2.75, 3.05) is 0 Å². The van der Waals surface area contributed by atoms with Gasteiger partial charge < -0.3 is 5.32 Å². The second-order valence-electron chi connectivity index (χ2n) is 4.05. The molecule has 1 aliphatic rings. The van der Waals surface area contributed by atoms with Gasteiger partial charge in [0.05, 0.1) is 0 Å². The van der Waals surface area contributed by atoms with Gasteiger partial charge in [0.1, 0.15) is 0 Å². The average Bonchev–Trinajstić information content (AvgIpc) is 2.17. The molecule has 0 aliphatic carbocycles. The van der Waals surface area contributed by atoms with E-state index in [0.29, 0.717) is 6.04 Å². The first kappa shape index (κ1) is 10.0. The lowest BCUT2D eigenvalue weighted by atomic mass is 9.91. The Kier molecular flexibility index (Phi) is 2.80. The van der Waals surface area contributed by atoms with Crippen LogP contribution in [-0.4, -0.2) is 6.04 Å². The highest BCUT2D eigenvalue weighted by Crippen LogP contribution is 2.25. The van der Waals surface area contributed by atoms with Crippen LogP contribution >= 0.6 is 11.6 Å². The lowest BCUT2D eigenvalue weighted by Crippen LogP contribution is -2.35. The zero-order valence-corrected chi connectivity index (χ0v) is 9.49. The van der Waals surface area contributed by atoms with E-state index < -0.39 is 0 Å². The maximum absolute atomic E-state index is 6.02. The van der Waals surface area contributed by atoms with Gasteiger partial charge in [-0.2, -0.15) is 0 Å². The molecule has 14 heavy (non-hydrogen) atoms. The van der Waals surface area contributed by atoms with E-state index in [4.69, 9.17) is 11.6 Å². The van der Waals surface area contributed by atoms with Gasteiger partial charge in [0.15, 0.2) is 0 Å². The molecule has 0 fully saturated rings. The number of halogens is 1. The van der Waals surface area contributed by atoms with E-state index in [0.717, 1.165) is 18.0 Å². The lowest BCUT2D eigenvalue weighted by molar-refractivity contribution is 0.466. The van der Waals surface area contributed by atoms with Gasteiger partial charge >= 0.3 is 0 Å². The van der Waals surface area contributed by atoms with Crippen molar-refractivity contribution in [1.82, 2.24) is 5.32 Å². The summed E-state index contributed by atoms with van der Waals surface area (Å²) in [5, 5.41) is 4.38. The van der Waals surface area contributed by atoms with Gasteiger partial charge in [0.25, 0.3) is 0 Å². The normalized spacial score (nSPS) is 20.6. The third-order valence-corrected chi connectivity index (χ3v) is 3.27. The molecule has 1 heterocycles. The van der Waals surface area contributed by atoms with Crippen LogP contribution in [0.15, 0.2) is 12.1 Å². The highest BCUT2D eigenvalue weighted by molar-refractivity contribution is 6.30. The summed E-state index contributed by atoms with van der Waals surface area (Å²) < 4.78 is 0. The van der Waals surface area contributed by atoms with Crippen molar-refractivity contribution in [1.29, 1.82) is 0 Å². The summed E-state index contributed by atoms with van der Waals surface area (Å²) in [7, 11) is 0. The monoisotopic (exact) mass is 209 g/mol. The molecule has 0 radical (unpaired) electrons. The van der Waals surface area contributed by atoms with Crippen LogP contribution in [0.5, 0.6) is 0 Å². The second kappa shape index (κ2) is 3.92. The summed E-state index contributed by atoms with van der Waals surface area (Å²) in [6, 6.07) is 4.80. The second-order valence-corrected chi connectivity index (χ2v) is 4.49. The van der Waals surface area contributed by atoms with E-state index in [1.54, 1.807) is 0 Å². The molecular weight excluding hydrogens is 194 g/mol. The first-order valence-corrected chi connectivity index (χ1v) is 5.59. The molecule has 1 aliphatic heterocycles. The highest BCUT2D eigenvalue weighted by atomic mass is 35.5. The summed E-state index contributed by atoms with van der Waals surface area (Å²) in [6.07, 6.45) is 2.34. The minimum Gasteiger partial charge on any atom is -0.310 e. The van der Waals surface area contributed by atoms with Crippen LogP contribution in [0.1, 0.15) is 30.0 Å². The van der Waals surface area contributed by atoms with Crippen molar-refractivity contribution < 1.29 is 0 Å². The molecule has 0 amide bonds. The Morgan fingerprint density at radius 3 is 3.00 bits per heavy atom. The molecule has 1 unspecified atom stereocenters. The fourth-order valence-corrected chi connectivity index (χ4v) is 2.45. The van der Waals surface area contributed by atoms with Gasteiger partial charge in [0.2, 0.25) is 0 Å². The largest absolute Gasteiger partial charge is 0.310 e. The number of rotatable bonds is 1. The quantitative estimate of drug-likeness (QED) is 0.750. The number of hydrogen-bond acceptors (Lipinski definition) is 1. The standard InChI is InChI=1S/C12H16ClN/c1-3-11-6-12-8(2)4-10(13)5-9(12)7-14-11/h4-5,11,14H,3,6-7H2,1-2H3.